The zero-order chi connectivity index (χ0) is 17.2. The van der Waals surface area contributed by atoms with Gasteiger partial charge in [-0.15, -0.1) is 0 Å². The van der Waals surface area contributed by atoms with Gasteiger partial charge in [-0.25, -0.2) is 4.39 Å². The van der Waals surface area contributed by atoms with Crippen molar-refractivity contribution in [3.8, 4) is 5.75 Å². The molecule has 0 saturated heterocycles. The molecule has 0 heterocycles. The van der Waals surface area contributed by atoms with Gasteiger partial charge in [-0.1, -0.05) is 12.1 Å². The van der Waals surface area contributed by atoms with E-state index in [1.807, 2.05) is 31.2 Å². The molecule has 0 fully saturated rings. The molecule has 5 nitrogen and oxygen atoms in total. The second-order valence-corrected chi connectivity index (χ2v) is 4.95. The first-order valence-electron chi connectivity index (χ1n) is 7.78. The molecule has 0 bridgehead atoms. The van der Waals surface area contributed by atoms with E-state index in [1.165, 1.54) is 12.1 Å². The van der Waals surface area contributed by atoms with Gasteiger partial charge in [0.1, 0.15) is 18.2 Å². The smallest absolute Gasteiger partial charge is 0.243 e. The standard InChI is InChI=1S/C18H21FN2O3/c1-2-23-11-12-24-15-9-7-14(8-10-15)20-13-18(22)21-17-6-4-3-5-16(17)19/h3-10,20H,2,11-13H2,1H3,(H,21,22). The van der Waals surface area contributed by atoms with Crippen molar-refractivity contribution < 1.29 is 18.7 Å². The van der Waals surface area contributed by atoms with Crippen LogP contribution in [0.25, 0.3) is 0 Å². The monoisotopic (exact) mass is 332 g/mol. The molecule has 0 saturated carbocycles. The molecule has 6 heteroatoms. The molecular formula is C18H21FN2O3. The van der Waals surface area contributed by atoms with Gasteiger partial charge < -0.3 is 20.1 Å². The summed E-state index contributed by atoms with van der Waals surface area (Å²) < 4.78 is 24.1. The maximum absolute atomic E-state index is 13.4. The number of benzene rings is 2. The van der Waals surface area contributed by atoms with Crippen molar-refractivity contribution in [2.24, 2.45) is 0 Å². The number of carbonyl (C=O) groups is 1. The van der Waals surface area contributed by atoms with Crippen LogP contribution in [-0.4, -0.2) is 32.3 Å². The van der Waals surface area contributed by atoms with E-state index >= 15 is 0 Å². The number of rotatable bonds is 9. The van der Waals surface area contributed by atoms with Gasteiger partial charge in [-0.2, -0.15) is 0 Å². The highest BCUT2D eigenvalue weighted by Gasteiger charge is 2.06. The van der Waals surface area contributed by atoms with Crippen LogP contribution < -0.4 is 15.4 Å². The minimum absolute atomic E-state index is 0.0406. The summed E-state index contributed by atoms with van der Waals surface area (Å²) in [6.45, 7) is 3.68. The highest BCUT2D eigenvalue weighted by atomic mass is 19.1. The minimum Gasteiger partial charge on any atom is -0.491 e. The fraction of sp³-hybridized carbons (Fsp3) is 0.278. The Labute approximate surface area is 140 Å². The van der Waals surface area contributed by atoms with E-state index in [1.54, 1.807) is 12.1 Å². The Morgan fingerprint density at radius 1 is 1.08 bits per heavy atom. The topological polar surface area (TPSA) is 59.6 Å². The van der Waals surface area contributed by atoms with Crippen LogP contribution in [0.1, 0.15) is 6.92 Å². The zero-order valence-electron chi connectivity index (χ0n) is 13.5. The van der Waals surface area contributed by atoms with E-state index < -0.39 is 5.82 Å². The predicted molar refractivity (Wildman–Crippen MR) is 91.9 cm³/mol. The molecule has 1 amide bonds. The predicted octanol–water partition coefficient (Wildman–Crippen LogP) is 3.29. The number of halogens is 1. The highest BCUT2D eigenvalue weighted by molar-refractivity contribution is 5.93. The van der Waals surface area contributed by atoms with Gasteiger partial charge in [0.25, 0.3) is 0 Å². The fourth-order valence-electron chi connectivity index (χ4n) is 1.97. The van der Waals surface area contributed by atoms with Gasteiger partial charge >= 0.3 is 0 Å². The fourth-order valence-corrected chi connectivity index (χ4v) is 1.97. The first-order valence-corrected chi connectivity index (χ1v) is 7.78. The van der Waals surface area contributed by atoms with Crippen molar-refractivity contribution in [3.63, 3.8) is 0 Å². The molecule has 2 rings (SSSR count). The first kappa shape index (κ1) is 17.7. The van der Waals surface area contributed by atoms with Crippen LogP contribution in [0.4, 0.5) is 15.8 Å². The number of para-hydroxylation sites is 1. The zero-order valence-corrected chi connectivity index (χ0v) is 13.5. The van der Waals surface area contributed by atoms with Crippen molar-refractivity contribution in [2.45, 2.75) is 6.92 Å². The van der Waals surface area contributed by atoms with Gasteiger partial charge in [0.15, 0.2) is 0 Å². The van der Waals surface area contributed by atoms with Crippen LogP contribution in [0.15, 0.2) is 48.5 Å². The highest BCUT2D eigenvalue weighted by Crippen LogP contribution is 2.16. The second kappa shape index (κ2) is 9.52. The van der Waals surface area contributed by atoms with E-state index in [0.29, 0.717) is 19.8 Å². The lowest BCUT2D eigenvalue weighted by molar-refractivity contribution is -0.114. The molecule has 128 valence electrons. The average molecular weight is 332 g/mol. The van der Waals surface area contributed by atoms with E-state index in [0.717, 1.165) is 11.4 Å². The van der Waals surface area contributed by atoms with Crippen molar-refractivity contribution in [1.29, 1.82) is 0 Å². The Hall–Kier alpha value is -2.60. The summed E-state index contributed by atoms with van der Waals surface area (Å²) in [4.78, 5) is 11.8. The second-order valence-electron chi connectivity index (χ2n) is 4.95. The van der Waals surface area contributed by atoms with Crippen molar-refractivity contribution >= 4 is 17.3 Å². The largest absolute Gasteiger partial charge is 0.491 e. The number of nitrogens with one attached hydrogen (secondary N) is 2. The van der Waals surface area contributed by atoms with E-state index in [4.69, 9.17) is 9.47 Å². The summed E-state index contributed by atoms with van der Waals surface area (Å²) in [5.74, 6) is -0.0485. The van der Waals surface area contributed by atoms with Gasteiger partial charge in [0.2, 0.25) is 5.91 Å². The molecule has 0 aliphatic heterocycles. The number of anilines is 2. The third-order valence-corrected chi connectivity index (χ3v) is 3.16. The van der Waals surface area contributed by atoms with Crippen LogP contribution in [0.2, 0.25) is 0 Å². The summed E-state index contributed by atoms with van der Waals surface area (Å²) in [5.41, 5.74) is 0.943. The van der Waals surface area contributed by atoms with Crippen molar-refractivity contribution in [1.82, 2.24) is 0 Å². The Bertz CT molecular complexity index is 647. The lowest BCUT2D eigenvalue weighted by atomic mass is 10.3. The molecule has 0 atom stereocenters. The summed E-state index contributed by atoms with van der Waals surface area (Å²) in [6.07, 6.45) is 0. The number of ether oxygens (including phenoxy) is 2. The third kappa shape index (κ3) is 5.89. The molecule has 2 N–H and O–H groups in total. The van der Waals surface area contributed by atoms with Crippen molar-refractivity contribution in [3.05, 3.63) is 54.3 Å². The molecule has 0 aliphatic rings. The van der Waals surface area contributed by atoms with Gasteiger partial charge in [-0.05, 0) is 43.3 Å². The third-order valence-electron chi connectivity index (χ3n) is 3.16. The maximum Gasteiger partial charge on any atom is 0.243 e. The number of amides is 1. The average Bonchev–Trinajstić information content (AvgIpc) is 2.60. The molecule has 0 spiro atoms. The molecular weight excluding hydrogens is 311 g/mol. The summed E-state index contributed by atoms with van der Waals surface area (Å²) in [5, 5.41) is 5.49. The lowest BCUT2D eigenvalue weighted by Gasteiger charge is -2.10. The molecule has 24 heavy (non-hydrogen) atoms. The summed E-state index contributed by atoms with van der Waals surface area (Å²) >= 11 is 0. The van der Waals surface area contributed by atoms with Crippen LogP contribution in [0, 0.1) is 5.82 Å². The van der Waals surface area contributed by atoms with Gasteiger partial charge in [0.05, 0.1) is 18.8 Å². The molecule has 0 radical (unpaired) electrons. The van der Waals surface area contributed by atoms with E-state index in [2.05, 4.69) is 10.6 Å². The molecule has 2 aromatic carbocycles. The van der Waals surface area contributed by atoms with Crippen LogP contribution >= 0.6 is 0 Å². The Kier molecular flexibility index (Phi) is 7.04. The minimum atomic E-state index is -0.459. The summed E-state index contributed by atoms with van der Waals surface area (Å²) in [7, 11) is 0. The Morgan fingerprint density at radius 2 is 1.83 bits per heavy atom. The number of hydrogen-bond acceptors (Lipinski definition) is 4. The molecule has 0 aromatic heterocycles. The lowest BCUT2D eigenvalue weighted by Crippen LogP contribution is -2.22. The summed E-state index contributed by atoms with van der Waals surface area (Å²) in [6, 6.07) is 13.3. The quantitative estimate of drug-likeness (QED) is 0.692. The Morgan fingerprint density at radius 3 is 2.54 bits per heavy atom. The van der Waals surface area contributed by atoms with Crippen molar-refractivity contribution in [2.75, 3.05) is 37.0 Å². The number of hydrogen-bond donors (Lipinski definition) is 2. The SMILES string of the molecule is CCOCCOc1ccc(NCC(=O)Nc2ccccc2F)cc1. The van der Waals surface area contributed by atoms with Gasteiger partial charge in [0, 0.05) is 12.3 Å². The van der Waals surface area contributed by atoms with E-state index in [-0.39, 0.29) is 18.1 Å². The first-order chi connectivity index (χ1) is 11.7. The molecule has 0 unspecified atom stereocenters. The van der Waals surface area contributed by atoms with Gasteiger partial charge in [-0.3, -0.25) is 4.79 Å². The normalized spacial score (nSPS) is 10.2. The van der Waals surface area contributed by atoms with Crippen LogP contribution in [0.3, 0.4) is 0 Å². The molecule has 2 aromatic rings. The Balaban J connectivity index is 1.75. The number of carbonyl (C=O) groups excluding carboxylic acids is 1. The van der Waals surface area contributed by atoms with Crippen LogP contribution in [0.5, 0.6) is 5.75 Å². The van der Waals surface area contributed by atoms with E-state index in [9.17, 15) is 9.18 Å². The van der Waals surface area contributed by atoms with Crippen LogP contribution in [-0.2, 0) is 9.53 Å². The molecule has 0 aliphatic carbocycles. The maximum atomic E-state index is 13.4.